The Kier molecular flexibility index (Phi) is 11.1. The molecule has 0 aromatic heterocycles. The number of guanidine groups is 1. The van der Waals surface area contributed by atoms with Crippen molar-refractivity contribution < 1.29 is 27.4 Å². The molecule has 2 unspecified atom stereocenters. The maximum atomic E-state index is 12.0. The van der Waals surface area contributed by atoms with Gasteiger partial charge >= 0.3 is 6.18 Å². The predicted octanol–water partition coefficient (Wildman–Crippen LogP) is 2.42. The van der Waals surface area contributed by atoms with Gasteiger partial charge in [-0.25, -0.2) is 0 Å². The molecule has 2 atom stereocenters. The first-order valence-electron chi connectivity index (χ1n) is 8.90. The van der Waals surface area contributed by atoms with E-state index in [0.717, 1.165) is 38.5 Å². The van der Waals surface area contributed by atoms with Gasteiger partial charge in [0.25, 0.3) is 0 Å². The van der Waals surface area contributed by atoms with Crippen molar-refractivity contribution in [2.24, 2.45) is 4.99 Å². The van der Waals surface area contributed by atoms with Crippen LogP contribution in [0.4, 0.5) is 13.2 Å². The molecule has 0 aromatic rings. The van der Waals surface area contributed by atoms with Crippen molar-refractivity contribution in [2.75, 3.05) is 52.6 Å². The lowest BCUT2D eigenvalue weighted by Crippen LogP contribution is -2.53. The van der Waals surface area contributed by atoms with Gasteiger partial charge < -0.3 is 24.4 Å². The van der Waals surface area contributed by atoms with Crippen molar-refractivity contribution >= 4 is 29.9 Å². The summed E-state index contributed by atoms with van der Waals surface area (Å²) in [6, 6.07) is 0. The Hall–Kier alpha value is -0.330. The Morgan fingerprint density at radius 1 is 1.27 bits per heavy atom. The van der Waals surface area contributed by atoms with E-state index in [1.54, 1.807) is 0 Å². The number of hydrogen-bond acceptors (Lipinski definition) is 4. The highest BCUT2D eigenvalue weighted by atomic mass is 127. The number of nitrogens with one attached hydrogen (secondary N) is 1. The van der Waals surface area contributed by atoms with E-state index < -0.39 is 12.8 Å². The normalized spacial score (nSPS) is 24.5. The lowest BCUT2D eigenvalue weighted by atomic mass is 10.1. The molecule has 2 rings (SSSR count). The van der Waals surface area contributed by atoms with Crippen molar-refractivity contribution in [1.82, 2.24) is 10.2 Å². The molecule has 0 aromatic carbocycles. The fourth-order valence-corrected chi connectivity index (χ4v) is 2.95. The van der Waals surface area contributed by atoms with Crippen LogP contribution in [0, 0.1) is 0 Å². The van der Waals surface area contributed by atoms with Crippen LogP contribution in [0.5, 0.6) is 0 Å². The summed E-state index contributed by atoms with van der Waals surface area (Å²) in [5.74, 6) is 0.768. The molecule has 2 fully saturated rings. The molecule has 0 spiro atoms. The van der Waals surface area contributed by atoms with Crippen molar-refractivity contribution in [1.29, 1.82) is 0 Å². The second kappa shape index (κ2) is 12.2. The van der Waals surface area contributed by atoms with E-state index in [1.165, 1.54) is 0 Å². The van der Waals surface area contributed by atoms with E-state index in [2.05, 4.69) is 19.9 Å². The highest BCUT2D eigenvalue weighted by Crippen LogP contribution is 2.21. The largest absolute Gasteiger partial charge is 0.411 e. The van der Waals surface area contributed by atoms with E-state index in [9.17, 15) is 13.2 Å². The molecule has 0 amide bonds. The lowest BCUT2D eigenvalue weighted by Gasteiger charge is -2.37. The Morgan fingerprint density at radius 2 is 2.04 bits per heavy atom. The Bertz CT molecular complexity index is 421. The molecule has 0 saturated carbocycles. The molecule has 6 nitrogen and oxygen atoms in total. The van der Waals surface area contributed by atoms with Crippen LogP contribution in [0.25, 0.3) is 0 Å². The van der Waals surface area contributed by atoms with Gasteiger partial charge in [-0.3, -0.25) is 4.99 Å². The van der Waals surface area contributed by atoms with E-state index >= 15 is 0 Å². The van der Waals surface area contributed by atoms with Crippen molar-refractivity contribution in [3.8, 4) is 0 Å². The molecule has 0 radical (unpaired) electrons. The van der Waals surface area contributed by atoms with Crippen LogP contribution in [0.15, 0.2) is 4.99 Å². The van der Waals surface area contributed by atoms with Gasteiger partial charge in [0.2, 0.25) is 0 Å². The molecule has 2 aliphatic heterocycles. The minimum Gasteiger partial charge on any atom is -0.375 e. The van der Waals surface area contributed by atoms with Gasteiger partial charge in [-0.05, 0) is 26.2 Å². The van der Waals surface area contributed by atoms with Crippen molar-refractivity contribution in [3.05, 3.63) is 0 Å². The van der Waals surface area contributed by atoms with Crippen LogP contribution < -0.4 is 5.32 Å². The smallest absolute Gasteiger partial charge is 0.375 e. The zero-order valence-corrected chi connectivity index (χ0v) is 17.4. The van der Waals surface area contributed by atoms with Gasteiger partial charge in [-0.15, -0.1) is 24.0 Å². The average Bonchev–Trinajstić information content (AvgIpc) is 3.11. The highest BCUT2D eigenvalue weighted by molar-refractivity contribution is 14.0. The van der Waals surface area contributed by atoms with Crippen LogP contribution >= 0.6 is 24.0 Å². The molecule has 26 heavy (non-hydrogen) atoms. The first kappa shape index (κ1) is 23.7. The minimum atomic E-state index is -4.27. The number of nitrogens with zero attached hydrogens (tertiary/aromatic N) is 2. The van der Waals surface area contributed by atoms with Crippen molar-refractivity contribution in [2.45, 2.75) is 44.6 Å². The maximum absolute atomic E-state index is 12.0. The first-order chi connectivity index (χ1) is 12.0. The number of alkyl halides is 3. The van der Waals surface area contributed by atoms with Gasteiger partial charge in [-0.1, -0.05) is 0 Å². The Balaban J connectivity index is 0.00000338. The summed E-state index contributed by atoms with van der Waals surface area (Å²) in [4.78, 5) is 6.64. The second-order valence-corrected chi connectivity index (χ2v) is 6.16. The third kappa shape index (κ3) is 8.57. The lowest BCUT2D eigenvalue weighted by molar-refractivity contribution is -0.173. The molecule has 2 aliphatic rings. The van der Waals surface area contributed by atoms with E-state index in [4.69, 9.17) is 9.47 Å². The third-order valence-electron chi connectivity index (χ3n) is 4.08. The number of halogens is 4. The number of hydrogen-bond donors (Lipinski definition) is 1. The van der Waals surface area contributed by atoms with E-state index in [0.29, 0.717) is 26.1 Å². The summed E-state index contributed by atoms with van der Waals surface area (Å²) >= 11 is 0. The van der Waals surface area contributed by atoms with Gasteiger partial charge in [-0.2, -0.15) is 13.2 Å². The summed E-state index contributed by atoms with van der Waals surface area (Å²) in [6.07, 6.45) is -1.57. The molecule has 1 N–H and O–H groups in total. The van der Waals surface area contributed by atoms with Gasteiger partial charge in [0.1, 0.15) is 12.7 Å². The molecular weight excluding hydrogens is 466 g/mol. The van der Waals surface area contributed by atoms with Crippen LogP contribution in [0.2, 0.25) is 0 Å². The summed E-state index contributed by atoms with van der Waals surface area (Å²) in [7, 11) is 0. The SMILES string of the molecule is CCNC(=NCCCOCC(F)(F)F)N1CCOC(C2CCCO2)C1.I. The van der Waals surface area contributed by atoms with Gasteiger partial charge in [0, 0.05) is 39.4 Å². The summed E-state index contributed by atoms with van der Waals surface area (Å²) in [5, 5.41) is 3.24. The maximum Gasteiger partial charge on any atom is 0.411 e. The van der Waals surface area contributed by atoms with E-state index in [1.807, 2.05) is 6.92 Å². The molecule has 2 saturated heterocycles. The van der Waals surface area contributed by atoms with Crippen LogP contribution in [-0.2, 0) is 14.2 Å². The fraction of sp³-hybridized carbons (Fsp3) is 0.938. The van der Waals surface area contributed by atoms with Crippen LogP contribution in [-0.4, -0.2) is 81.9 Å². The Morgan fingerprint density at radius 3 is 2.69 bits per heavy atom. The summed E-state index contributed by atoms with van der Waals surface area (Å²) in [6.45, 7) is 4.82. The minimum absolute atomic E-state index is 0. The van der Waals surface area contributed by atoms with Gasteiger partial charge in [0.15, 0.2) is 5.96 Å². The molecule has 10 heteroatoms. The predicted molar refractivity (Wildman–Crippen MR) is 103 cm³/mol. The number of morpholine rings is 1. The zero-order valence-electron chi connectivity index (χ0n) is 15.1. The van der Waals surface area contributed by atoms with E-state index in [-0.39, 0.29) is 42.8 Å². The van der Waals surface area contributed by atoms with Gasteiger partial charge in [0.05, 0.1) is 12.7 Å². The average molecular weight is 495 g/mol. The fourth-order valence-electron chi connectivity index (χ4n) is 2.95. The molecule has 0 aliphatic carbocycles. The quantitative estimate of drug-likeness (QED) is 0.255. The molecular formula is C16H29F3IN3O3. The highest BCUT2D eigenvalue weighted by Gasteiger charge is 2.32. The number of rotatable bonds is 7. The molecule has 2 heterocycles. The topological polar surface area (TPSA) is 55.3 Å². The summed E-state index contributed by atoms with van der Waals surface area (Å²) < 4.78 is 52.2. The van der Waals surface area contributed by atoms with Crippen LogP contribution in [0.3, 0.4) is 0 Å². The third-order valence-corrected chi connectivity index (χ3v) is 4.08. The zero-order chi connectivity index (χ0) is 18.1. The molecule has 0 bridgehead atoms. The van der Waals surface area contributed by atoms with Crippen LogP contribution in [0.1, 0.15) is 26.2 Å². The monoisotopic (exact) mass is 495 g/mol. The Labute approximate surface area is 169 Å². The number of aliphatic imine (C=N–C) groups is 1. The summed E-state index contributed by atoms with van der Waals surface area (Å²) in [5.41, 5.74) is 0. The number of ether oxygens (including phenoxy) is 3. The van der Waals surface area contributed by atoms with Crippen molar-refractivity contribution in [3.63, 3.8) is 0 Å². The second-order valence-electron chi connectivity index (χ2n) is 6.16. The standard InChI is InChI=1S/C16H28F3N3O3.HI/c1-2-20-15(21-6-4-8-23-12-16(17,18)19)22-7-10-25-14(11-22)13-5-3-9-24-13;/h13-14H,2-12H2,1H3,(H,20,21);1H. The first-order valence-corrected chi connectivity index (χ1v) is 8.90. The molecule has 154 valence electrons.